The zero-order valence-corrected chi connectivity index (χ0v) is 16.4. The summed E-state index contributed by atoms with van der Waals surface area (Å²) in [7, 11) is 1.95. The molecule has 0 aromatic heterocycles. The van der Waals surface area contributed by atoms with Crippen molar-refractivity contribution in [3.05, 3.63) is 53.1 Å². The lowest BCUT2D eigenvalue weighted by molar-refractivity contribution is 0.178. The smallest absolute Gasteiger partial charge is 0.146 e. The number of aryl methyl sites for hydroxylation is 1. The summed E-state index contributed by atoms with van der Waals surface area (Å²) in [6, 6.07) is 13.0. The molecule has 1 N–H and O–H groups in total. The summed E-state index contributed by atoms with van der Waals surface area (Å²) in [5.74, 6) is 2.29. The van der Waals surface area contributed by atoms with E-state index in [1.807, 2.05) is 7.05 Å². The monoisotopic (exact) mass is 363 g/mol. The second-order valence-corrected chi connectivity index (χ2v) is 8.57. The molecule has 3 heteroatoms. The minimum Gasteiger partial charge on any atom is -0.492 e. The van der Waals surface area contributed by atoms with Crippen molar-refractivity contribution in [1.82, 2.24) is 0 Å². The van der Waals surface area contributed by atoms with Crippen molar-refractivity contribution in [2.24, 2.45) is 0 Å². The maximum Gasteiger partial charge on any atom is 0.146 e. The summed E-state index contributed by atoms with van der Waals surface area (Å²) in [5, 5.41) is 3.19. The average Bonchev–Trinajstić information content (AvgIpc) is 3.20. The lowest BCUT2D eigenvalue weighted by Crippen LogP contribution is -2.35. The van der Waals surface area contributed by atoms with E-state index in [0.717, 1.165) is 31.1 Å². The Morgan fingerprint density at radius 1 is 0.852 bits per heavy atom. The minimum atomic E-state index is 0.377. The Morgan fingerprint density at radius 3 is 2.07 bits per heavy atom. The van der Waals surface area contributed by atoms with Crippen molar-refractivity contribution in [3.63, 3.8) is 0 Å². The van der Waals surface area contributed by atoms with Gasteiger partial charge in [-0.3, -0.25) is 0 Å². The van der Waals surface area contributed by atoms with E-state index < -0.39 is 0 Å². The Hall–Kier alpha value is -2.16. The molecule has 2 aromatic rings. The van der Waals surface area contributed by atoms with Crippen LogP contribution in [0.3, 0.4) is 0 Å². The van der Waals surface area contributed by atoms with Gasteiger partial charge in [0.15, 0.2) is 0 Å². The fraction of sp³-hybridized carbons (Fsp3) is 0.500. The van der Waals surface area contributed by atoms with Crippen molar-refractivity contribution in [3.8, 4) is 11.5 Å². The first kappa shape index (κ1) is 17.0. The third kappa shape index (κ3) is 2.55. The molecule has 142 valence electrons. The van der Waals surface area contributed by atoms with E-state index in [1.54, 1.807) is 0 Å². The van der Waals surface area contributed by atoms with Gasteiger partial charge in [-0.1, -0.05) is 43.7 Å². The first-order valence-corrected chi connectivity index (χ1v) is 10.4. The number of hydrogen-bond acceptors (Lipinski definition) is 3. The fourth-order valence-corrected chi connectivity index (χ4v) is 4.92. The highest BCUT2D eigenvalue weighted by Gasteiger charge is 2.51. The molecule has 0 saturated heterocycles. The zero-order valence-electron chi connectivity index (χ0n) is 16.4. The number of ether oxygens (including phenoxy) is 2. The van der Waals surface area contributed by atoms with Gasteiger partial charge in [-0.15, -0.1) is 0 Å². The third-order valence-corrected chi connectivity index (χ3v) is 7.05. The number of rotatable bonds is 2. The third-order valence-electron chi connectivity index (χ3n) is 7.05. The molecule has 0 radical (unpaired) electrons. The van der Waals surface area contributed by atoms with Crippen molar-refractivity contribution >= 4 is 5.69 Å². The number of benzene rings is 2. The Kier molecular flexibility index (Phi) is 3.89. The standard InChI is InChI=1S/C12H15NO.C12H14O/c1-13-10-5-2-4-9-11(10)14-8-12(9)6-3-7-12;1-2-9-4-3-5-10-11(9)13-8-12(10)6-7-12/h2,4-5,13H,3,6-8H2,1H3;3-5H,2,6-8H2,1H3. The molecule has 0 bridgehead atoms. The van der Waals surface area contributed by atoms with E-state index in [4.69, 9.17) is 9.47 Å². The predicted molar refractivity (Wildman–Crippen MR) is 109 cm³/mol. The summed E-state index contributed by atoms with van der Waals surface area (Å²) < 4.78 is 11.6. The second-order valence-electron chi connectivity index (χ2n) is 8.57. The topological polar surface area (TPSA) is 30.5 Å². The Balaban J connectivity index is 0.000000119. The van der Waals surface area contributed by atoms with Crippen molar-refractivity contribution in [1.29, 1.82) is 0 Å². The van der Waals surface area contributed by atoms with Crippen LogP contribution in [0.1, 0.15) is 55.7 Å². The lowest BCUT2D eigenvalue weighted by atomic mass is 9.66. The molecule has 6 rings (SSSR count). The van der Waals surface area contributed by atoms with Crippen molar-refractivity contribution < 1.29 is 9.47 Å². The van der Waals surface area contributed by atoms with Gasteiger partial charge in [0.25, 0.3) is 0 Å². The number of fused-ring (bicyclic) bond motifs is 4. The van der Waals surface area contributed by atoms with Gasteiger partial charge in [0.05, 0.1) is 18.9 Å². The molecular formula is C24H29NO2. The van der Waals surface area contributed by atoms with Crippen LogP contribution in [0.4, 0.5) is 5.69 Å². The van der Waals surface area contributed by atoms with Gasteiger partial charge in [0.1, 0.15) is 11.5 Å². The molecule has 0 atom stereocenters. The van der Waals surface area contributed by atoms with Crippen LogP contribution in [0.15, 0.2) is 36.4 Å². The molecule has 2 spiro atoms. The first-order chi connectivity index (χ1) is 13.2. The maximum atomic E-state index is 5.82. The Bertz CT molecular complexity index is 865. The number of hydrogen-bond donors (Lipinski definition) is 1. The largest absolute Gasteiger partial charge is 0.492 e. The lowest BCUT2D eigenvalue weighted by Gasteiger charge is -2.36. The van der Waals surface area contributed by atoms with Crippen LogP contribution in [0.25, 0.3) is 0 Å². The highest BCUT2D eigenvalue weighted by Crippen LogP contribution is 2.56. The predicted octanol–water partition coefficient (Wildman–Crippen LogP) is 5.22. The summed E-state index contributed by atoms with van der Waals surface area (Å²) in [5.41, 5.74) is 6.23. The van der Waals surface area contributed by atoms with Gasteiger partial charge < -0.3 is 14.8 Å². The fourth-order valence-electron chi connectivity index (χ4n) is 4.92. The van der Waals surface area contributed by atoms with E-state index in [9.17, 15) is 0 Å². The molecule has 4 aliphatic rings. The van der Waals surface area contributed by atoms with Gasteiger partial charge in [-0.2, -0.15) is 0 Å². The average molecular weight is 364 g/mol. The number of nitrogens with one attached hydrogen (secondary N) is 1. The van der Waals surface area contributed by atoms with Gasteiger partial charge in [-0.25, -0.2) is 0 Å². The maximum absolute atomic E-state index is 5.82. The van der Waals surface area contributed by atoms with E-state index >= 15 is 0 Å². The SMILES string of the molecule is CCc1cccc2c1OCC21CC1.CNc1cccc2c1OCC21CCC1. The van der Waals surface area contributed by atoms with E-state index in [-0.39, 0.29) is 0 Å². The summed E-state index contributed by atoms with van der Waals surface area (Å²) in [6.45, 7) is 4.01. The normalized spacial score (nSPS) is 21.3. The quantitative estimate of drug-likeness (QED) is 0.794. The van der Waals surface area contributed by atoms with Crippen LogP contribution >= 0.6 is 0 Å². The molecule has 0 unspecified atom stereocenters. The highest BCUT2D eigenvalue weighted by atomic mass is 16.5. The second kappa shape index (κ2) is 6.19. The molecule has 2 heterocycles. The van der Waals surface area contributed by atoms with Crippen LogP contribution in [-0.2, 0) is 17.3 Å². The van der Waals surface area contributed by atoms with Crippen LogP contribution in [0.2, 0.25) is 0 Å². The van der Waals surface area contributed by atoms with Crippen LogP contribution < -0.4 is 14.8 Å². The molecule has 27 heavy (non-hydrogen) atoms. The van der Waals surface area contributed by atoms with Gasteiger partial charge >= 0.3 is 0 Å². The van der Waals surface area contributed by atoms with Crippen molar-refractivity contribution in [2.45, 2.75) is 56.3 Å². The first-order valence-electron chi connectivity index (χ1n) is 10.4. The molecule has 2 aliphatic heterocycles. The molecule has 2 saturated carbocycles. The van der Waals surface area contributed by atoms with E-state index in [1.165, 1.54) is 54.5 Å². The van der Waals surface area contributed by atoms with Gasteiger partial charge in [0, 0.05) is 29.0 Å². The summed E-state index contributed by atoms with van der Waals surface area (Å²) in [4.78, 5) is 0. The van der Waals surface area contributed by atoms with E-state index in [2.05, 4.69) is 48.6 Å². The molecule has 2 aliphatic carbocycles. The summed E-state index contributed by atoms with van der Waals surface area (Å²) in [6.07, 6.45) is 7.69. The van der Waals surface area contributed by atoms with Crippen molar-refractivity contribution in [2.75, 3.05) is 25.6 Å². The number of para-hydroxylation sites is 2. The highest BCUT2D eigenvalue weighted by molar-refractivity contribution is 5.64. The number of anilines is 1. The molecule has 0 amide bonds. The van der Waals surface area contributed by atoms with E-state index in [0.29, 0.717) is 10.8 Å². The van der Waals surface area contributed by atoms with Gasteiger partial charge in [-0.05, 0) is 43.7 Å². The van der Waals surface area contributed by atoms with Crippen LogP contribution in [0, 0.1) is 0 Å². The Morgan fingerprint density at radius 2 is 1.48 bits per heavy atom. The van der Waals surface area contributed by atoms with Crippen LogP contribution in [0.5, 0.6) is 11.5 Å². The zero-order chi connectivity index (χ0) is 18.5. The molecule has 2 fully saturated rings. The molecule has 2 aromatic carbocycles. The molecule has 3 nitrogen and oxygen atoms in total. The van der Waals surface area contributed by atoms with Crippen LogP contribution in [-0.4, -0.2) is 20.3 Å². The summed E-state index contributed by atoms with van der Waals surface area (Å²) >= 11 is 0. The molecular weight excluding hydrogens is 334 g/mol. The minimum absolute atomic E-state index is 0.377. The van der Waals surface area contributed by atoms with Gasteiger partial charge in [0.2, 0.25) is 0 Å². The Labute approximate surface area is 162 Å².